The quantitative estimate of drug-likeness (QED) is 0.509. The fourth-order valence-corrected chi connectivity index (χ4v) is 4.02. The summed E-state index contributed by atoms with van der Waals surface area (Å²) in [6.45, 7) is 4.44. The number of aromatic hydroxyl groups is 1. The van der Waals surface area contributed by atoms with E-state index in [2.05, 4.69) is 22.0 Å². The summed E-state index contributed by atoms with van der Waals surface area (Å²) in [5.74, 6) is 0.470. The number of pyridine rings is 1. The number of aromatic nitrogens is 5. The van der Waals surface area contributed by atoms with Gasteiger partial charge in [-0.1, -0.05) is 13.3 Å². The van der Waals surface area contributed by atoms with Crippen molar-refractivity contribution in [3.63, 3.8) is 0 Å². The number of phenols is 1. The van der Waals surface area contributed by atoms with Gasteiger partial charge >= 0.3 is 0 Å². The van der Waals surface area contributed by atoms with Crippen LogP contribution in [0.5, 0.6) is 5.75 Å². The Bertz CT molecular complexity index is 1280. The largest absolute Gasteiger partial charge is 0.507 e. The van der Waals surface area contributed by atoms with Crippen LogP contribution in [0.4, 0.5) is 0 Å². The third-order valence-electron chi connectivity index (χ3n) is 5.55. The molecule has 156 valence electrons. The van der Waals surface area contributed by atoms with Crippen LogP contribution in [-0.2, 0) is 7.05 Å². The highest BCUT2D eigenvalue weighted by Gasteiger charge is 2.18. The van der Waals surface area contributed by atoms with Gasteiger partial charge in [0.25, 0.3) is 5.56 Å². The van der Waals surface area contributed by atoms with Crippen LogP contribution in [0.1, 0.15) is 37.8 Å². The van der Waals surface area contributed by atoms with Crippen LogP contribution in [0.2, 0.25) is 0 Å². The summed E-state index contributed by atoms with van der Waals surface area (Å²) < 4.78 is 3.45. The van der Waals surface area contributed by atoms with Gasteiger partial charge in [0, 0.05) is 42.6 Å². The van der Waals surface area contributed by atoms with Crippen LogP contribution in [0, 0.1) is 6.92 Å². The topological polar surface area (TPSA) is 112 Å². The first kappa shape index (κ1) is 20.0. The molecular formula is C22H26N6O2. The average Bonchev–Trinajstić information content (AvgIpc) is 3.11. The standard InChI is InChI=1S/C22H26N6O2/c1-4-5-15(6-8-23)28-9-7-18-17(22(28)30)11-24-21(25-18)16-10-14-12-27(3)26-19(14)13(2)20(16)29/h7,9-12,15,29H,4-6,8,23H2,1-3H3. The van der Waals surface area contributed by atoms with Crippen molar-refractivity contribution in [2.75, 3.05) is 6.54 Å². The van der Waals surface area contributed by atoms with Crippen LogP contribution in [0.15, 0.2) is 35.5 Å². The zero-order valence-corrected chi connectivity index (χ0v) is 17.5. The molecule has 3 N–H and O–H groups in total. The van der Waals surface area contributed by atoms with E-state index in [0.29, 0.717) is 34.4 Å². The lowest BCUT2D eigenvalue weighted by atomic mass is 10.0. The van der Waals surface area contributed by atoms with E-state index in [1.165, 1.54) is 0 Å². The molecule has 0 aliphatic rings. The van der Waals surface area contributed by atoms with Crippen molar-refractivity contribution >= 4 is 21.8 Å². The number of aryl methyl sites for hydroxylation is 2. The molecule has 3 aromatic heterocycles. The third kappa shape index (κ3) is 3.33. The Balaban J connectivity index is 1.83. The first-order valence-electron chi connectivity index (χ1n) is 10.2. The summed E-state index contributed by atoms with van der Waals surface area (Å²) in [4.78, 5) is 22.0. The fourth-order valence-electron chi connectivity index (χ4n) is 4.02. The van der Waals surface area contributed by atoms with E-state index in [0.717, 1.165) is 30.2 Å². The number of hydrogen-bond donors (Lipinski definition) is 2. The molecular weight excluding hydrogens is 380 g/mol. The number of phenolic OH excluding ortho intramolecular Hbond substituents is 1. The van der Waals surface area contributed by atoms with Gasteiger partial charge in [-0.15, -0.1) is 0 Å². The van der Waals surface area contributed by atoms with Gasteiger partial charge in [0.1, 0.15) is 5.75 Å². The number of rotatable bonds is 6. The predicted molar refractivity (Wildman–Crippen MR) is 118 cm³/mol. The summed E-state index contributed by atoms with van der Waals surface area (Å²) >= 11 is 0. The molecule has 8 nitrogen and oxygen atoms in total. The molecule has 1 unspecified atom stereocenters. The van der Waals surface area contributed by atoms with Gasteiger partial charge in [-0.2, -0.15) is 5.10 Å². The zero-order chi connectivity index (χ0) is 21.4. The molecule has 0 saturated heterocycles. The predicted octanol–water partition coefficient (Wildman–Crippen LogP) is 3.05. The van der Waals surface area contributed by atoms with Gasteiger partial charge in [-0.3, -0.25) is 9.48 Å². The van der Waals surface area contributed by atoms with Crippen molar-refractivity contribution in [1.29, 1.82) is 0 Å². The second-order valence-corrected chi connectivity index (χ2v) is 7.68. The van der Waals surface area contributed by atoms with Crippen LogP contribution < -0.4 is 11.3 Å². The zero-order valence-electron chi connectivity index (χ0n) is 17.5. The van der Waals surface area contributed by atoms with E-state index in [1.54, 1.807) is 21.6 Å². The smallest absolute Gasteiger partial charge is 0.261 e. The van der Waals surface area contributed by atoms with E-state index in [1.807, 2.05) is 32.3 Å². The van der Waals surface area contributed by atoms with E-state index in [-0.39, 0.29) is 17.4 Å². The van der Waals surface area contributed by atoms with Crippen molar-refractivity contribution < 1.29 is 5.11 Å². The first-order valence-corrected chi connectivity index (χ1v) is 10.2. The van der Waals surface area contributed by atoms with Crippen LogP contribution in [0.25, 0.3) is 33.2 Å². The molecule has 8 heteroatoms. The lowest BCUT2D eigenvalue weighted by Gasteiger charge is -2.19. The second kappa shape index (κ2) is 7.87. The molecule has 3 heterocycles. The molecule has 0 spiro atoms. The highest BCUT2D eigenvalue weighted by molar-refractivity contribution is 5.90. The van der Waals surface area contributed by atoms with E-state index < -0.39 is 0 Å². The first-order chi connectivity index (χ1) is 14.4. The Morgan fingerprint density at radius 1 is 1.30 bits per heavy atom. The van der Waals surface area contributed by atoms with Crippen molar-refractivity contribution in [1.82, 2.24) is 24.3 Å². The van der Waals surface area contributed by atoms with E-state index in [4.69, 9.17) is 5.73 Å². The molecule has 0 radical (unpaired) electrons. The van der Waals surface area contributed by atoms with Gasteiger partial charge < -0.3 is 15.4 Å². The minimum Gasteiger partial charge on any atom is -0.507 e. The summed E-state index contributed by atoms with van der Waals surface area (Å²) in [6.07, 6.45) is 7.82. The van der Waals surface area contributed by atoms with Crippen molar-refractivity contribution in [2.24, 2.45) is 12.8 Å². The summed E-state index contributed by atoms with van der Waals surface area (Å²) in [5, 5.41) is 16.5. The Labute approximate surface area is 174 Å². The van der Waals surface area contributed by atoms with Crippen molar-refractivity contribution in [2.45, 2.75) is 39.2 Å². The van der Waals surface area contributed by atoms with Gasteiger partial charge in [0.15, 0.2) is 5.82 Å². The molecule has 4 rings (SSSR count). The van der Waals surface area contributed by atoms with Crippen LogP contribution in [0.3, 0.4) is 0 Å². The Kier molecular flexibility index (Phi) is 5.26. The number of nitrogens with zero attached hydrogens (tertiary/aromatic N) is 5. The summed E-state index contributed by atoms with van der Waals surface area (Å²) in [7, 11) is 1.84. The molecule has 0 fully saturated rings. The third-order valence-corrected chi connectivity index (χ3v) is 5.55. The minimum absolute atomic E-state index is 0.0660. The molecule has 4 aromatic rings. The normalized spacial score (nSPS) is 12.7. The van der Waals surface area contributed by atoms with E-state index >= 15 is 0 Å². The minimum atomic E-state index is -0.117. The molecule has 1 aromatic carbocycles. The maximum absolute atomic E-state index is 13.0. The SMILES string of the molecule is CCCC(CCN)n1ccc2nc(-c3cc4cn(C)nc4c(C)c3O)ncc2c1=O. The van der Waals surface area contributed by atoms with Crippen LogP contribution >= 0.6 is 0 Å². The molecule has 30 heavy (non-hydrogen) atoms. The molecule has 0 aliphatic heterocycles. The second-order valence-electron chi connectivity index (χ2n) is 7.68. The lowest BCUT2D eigenvalue weighted by molar-refractivity contribution is 0.427. The van der Waals surface area contributed by atoms with Gasteiger partial charge in [-0.25, -0.2) is 9.97 Å². The number of fused-ring (bicyclic) bond motifs is 2. The number of benzene rings is 1. The fraction of sp³-hybridized carbons (Fsp3) is 0.364. The monoisotopic (exact) mass is 406 g/mol. The number of nitrogens with two attached hydrogens (primary N) is 1. The van der Waals surface area contributed by atoms with Gasteiger partial charge in [-0.05, 0) is 38.4 Å². The molecule has 0 aliphatic carbocycles. The Morgan fingerprint density at radius 2 is 2.10 bits per heavy atom. The summed E-state index contributed by atoms with van der Waals surface area (Å²) in [6, 6.07) is 3.72. The van der Waals surface area contributed by atoms with Gasteiger partial charge in [0.2, 0.25) is 0 Å². The van der Waals surface area contributed by atoms with Gasteiger partial charge in [0.05, 0.1) is 22.0 Å². The highest BCUT2D eigenvalue weighted by Crippen LogP contribution is 2.35. The Hall–Kier alpha value is -3.26. The maximum atomic E-state index is 13.0. The summed E-state index contributed by atoms with van der Waals surface area (Å²) in [5.41, 5.74) is 8.11. The highest BCUT2D eigenvalue weighted by atomic mass is 16.3. The van der Waals surface area contributed by atoms with Crippen molar-refractivity contribution in [3.8, 4) is 17.1 Å². The molecule has 0 amide bonds. The van der Waals surface area contributed by atoms with E-state index in [9.17, 15) is 9.90 Å². The van der Waals surface area contributed by atoms with Crippen LogP contribution in [-0.4, -0.2) is 36.0 Å². The average molecular weight is 406 g/mol. The maximum Gasteiger partial charge on any atom is 0.261 e. The molecule has 1 atom stereocenters. The molecule has 0 saturated carbocycles. The Morgan fingerprint density at radius 3 is 2.83 bits per heavy atom. The van der Waals surface area contributed by atoms with Crippen molar-refractivity contribution in [3.05, 3.63) is 46.6 Å². The molecule has 0 bridgehead atoms. The number of hydrogen-bond acceptors (Lipinski definition) is 6. The lowest BCUT2D eigenvalue weighted by Crippen LogP contribution is -2.26.